The fraction of sp³-hybridized carbons (Fsp3) is 0.273. The minimum Gasteiger partial charge on any atom is -0.383 e. The number of benzene rings is 2. The maximum Gasteiger partial charge on any atom is 0.336 e. The van der Waals surface area contributed by atoms with Gasteiger partial charge >= 0.3 is 5.69 Å². The average Bonchev–Trinajstić information content (AvgIpc) is 2.74. The summed E-state index contributed by atoms with van der Waals surface area (Å²) in [6, 6.07) is 12.0. The van der Waals surface area contributed by atoms with Crippen LogP contribution in [-0.4, -0.2) is 41.1 Å². The molecular formula is C22H23N3O5. The third kappa shape index (κ3) is 3.95. The molecule has 1 aromatic heterocycles. The molecule has 1 N–H and O–H groups in total. The molecule has 156 valence electrons. The van der Waals surface area contributed by atoms with Crippen molar-refractivity contribution >= 4 is 22.6 Å². The molecule has 2 aromatic carbocycles. The van der Waals surface area contributed by atoms with E-state index in [9.17, 15) is 19.2 Å². The number of methoxy groups -OCH3 is 1. The topological polar surface area (TPSA) is 99.4 Å². The van der Waals surface area contributed by atoms with Crippen LogP contribution in [0.5, 0.6) is 0 Å². The first-order valence-electron chi connectivity index (χ1n) is 9.51. The Kier molecular flexibility index (Phi) is 6.27. The highest BCUT2D eigenvalue weighted by atomic mass is 16.5. The van der Waals surface area contributed by atoms with E-state index in [2.05, 4.69) is 5.32 Å². The highest BCUT2D eigenvalue weighted by Crippen LogP contribution is 2.15. The van der Waals surface area contributed by atoms with Gasteiger partial charge in [-0.05, 0) is 50.2 Å². The highest BCUT2D eigenvalue weighted by Gasteiger charge is 2.22. The lowest BCUT2D eigenvalue weighted by atomic mass is 10.1. The number of fused-ring (bicyclic) bond motifs is 1. The summed E-state index contributed by atoms with van der Waals surface area (Å²) in [7, 11) is 1.53. The molecule has 0 aliphatic heterocycles. The lowest BCUT2D eigenvalue weighted by molar-refractivity contribution is -0.124. The molecule has 30 heavy (non-hydrogen) atoms. The Hall–Kier alpha value is -3.52. The SMILES string of the molecule is COCCNC(=O)C(C)n1c(=O)n(-c2ccc(C(C)=O)cc2)c(=O)c2ccccc21. The molecule has 0 radical (unpaired) electrons. The van der Waals surface area contributed by atoms with Crippen LogP contribution >= 0.6 is 0 Å². The Morgan fingerprint density at radius 3 is 2.37 bits per heavy atom. The van der Waals surface area contributed by atoms with E-state index in [0.29, 0.717) is 35.3 Å². The second kappa shape index (κ2) is 8.87. The molecule has 0 spiro atoms. The van der Waals surface area contributed by atoms with Crippen LogP contribution in [-0.2, 0) is 9.53 Å². The van der Waals surface area contributed by atoms with Gasteiger partial charge in [0.15, 0.2) is 5.78 Å². The monoisotopic (exact) mass is 409 g/mol. The molecule has 3 aromatic rings. The smallest absolute Gasteiger partial charge is 0.336 e. The Balaban J connectivity index is 2.20. The summed E-state index contributed by atoms with van der Waals surface area (Å²) in [6.07, 6.45) is 0. The van der Waals surface area contributed by atoms with Crippen molar-refractivity contribution in [2.75, 3.05) is 20.3 Å². The standard InChI is InChI=1S/C22H23N3O5/c1-14(20(27)23-12-13-30-3)24-19-7-5-4-6-18(19)21(28)25(22(24)29)17-10-8-16(9-11-17)15(2)26/h4-11,14H,12-13H2,1-3H3,(H,23,27). The van der Waals surface area contributed by atoms with E-state index < -0.39 is 17.3 Å². The maximum atomic E-state index is 13.4. The van der Waals surface area contributed by atoms with Crippen molar-refractivity contribution in [1.29, 1.82) is 0 Å². The first-order chi connectivity index (χ1) is 14.4. The number of nitrogens with zero attached hydrogens (tertiary/aromatic N) is 2. The summed E-state index contributed by atoms with van der Waals surface area (Å²) >= 11 is 0. The molecule has 1 unspecified atom stereocenters. The number of aromatic nitrogens is 2. The molecular weight excluding hydrogens is 386 g/mol. The van der Waals surface area contributed by atoms with Gasteiger partial charge in [0, 0.05) is 19.2 Å². The van der Waals surface area contributed by atoms with E-state index in [1.54, 1.807) is 55.5 Å². The molecule has 0 saturated heterocycles. The zero-order valence-corrected chi connectivity index (χ0v) is 17.0. The maximum absolute atomic E-state index is 13.4. The highest BCUT2D eigenvalue weighted by molar-refractivity contribution is 5.94. The van der Waals surface area contributed by atoms with Crippen molar-refractivity contribution in [3.8, 4) is 5.69 Å². The van der Waals surface area contributed by atoms with Gasteiger partial charge in [-0.15, -0.1) is 0 Å². The molecule has 0 bridgehead atoms. The molecule has 3 rings (SSSR count). The summed E-state index contributed by atoms with van der Waals surface area (Å²) in [4.78, 5) is 50.6. The fourth-order valence-electron chi connectivity index (χ4n) is 3.27. The number of carbonyl (C=O) groups excluding carboxylic acids is 2. The summed E-state index contributed by atoms with van der Waals surface area (Å²) in [5, 5.41) is 3.03. The minimum atomic E-state index is -0.859. The summed E-state index contributed by atoms with van der Waals surface area (Å²) < 4.78 is 7.26. The predicted molar refractivity (Wildman–Crippen MR) is 113 cm³/mol. The number of ketones is 1. The Bertz CT molecular complexity index is 1210. The third-order valence-electron chi connectivity index (χ3n) is 4.90. The van der Waals surface area contributed by atoms with Crippen LogP contribution in [0.4, 0.5) is 0 Å². The molecule has 0 saturated carbocycles. The van der Waals surface area contributed by atoms with Crippen LogP contribution in [0.1, 0.15) is 30.2 Å². The number of nitrogens with one attached hydrogen (secondary N) is 1. The van der Waals surface area contributed by atoms with Gasteiger partial charge in [-0.2, -0.15) is 0 Å². The largest absolute Gasteiger partial charge is 0.383 e. The van der Waals surface area contributed by atoms with Crippen molar-refractivity contribution < 1.29 is 14.3 Å². The number of ether oxygens (including phenoxy) is 1. The number of hydrogen-bond donors (Lipinski definition) is 1. The van der Waals surface area contributed by atoms with E-state index in [4.69, 9.17) is 4.74 Å². The van der Waals surface area contributed by atoms with E-state index >= 15 is 0 Å². The van der Waals surface area contributed by atoms with Crippen LogP contribution in [0.2, 0.25) is 0 Å². The second-order valence-corrected chi connectivity index (χ2v) is 6.87. The summed E-state index contributed by atoms with van der Waals surface area (Å²) in [6.45, 7) is 3.69. The van der Waals surface area contributed by atoms with E-state index in [0.717, 1.165) is 4.57 Å². The Labute approximate surface area is 172 Å². The minimum absolute atomic E-state index is 0.119. The number of hydrogen-bond acceptors (Lipinski definition) is 5. The predicted octanol–water partition coefficient (Wildman–Crippen LogP) is 1.68. The normalized spacial score (nSPS) is 12.0. The van der Waals surface area contributed by atoms with Crippen molar-refractivity contribution in [2.45, 2.75) is 19.9 Å². The lowest BCUT2D eigenvalue weighted by Gasteiger charge is -2.19. The molecule has 8 nitrogen and oxygen atoms in total. The van der Waals surface area contributed by atoms with Gasteiger partial charge in [0.2, 0.25) is 5.91 Å². The number of Topliss-reactive ketones (excluding diaryl/α,β-unsaturated/α-hetero) is 1. The second-order valence-electron chi connectivity index (χ2n) is 6.87. The van der Waals surface area contributed by atoms with Gasteiger partial charge in [0.05, 0.1) is 23.2 Å². The third-order valence-corrected chi connectivity index (χ3v) is 4.90. The fourth-order valence-corrected chi connectivity index (χ4v) is 3.27. The van der Waals surface area contributed by atoms with Crippen molar-refractivity contribution in [1.82, 2.24) is 14.5 Å². The lowest BCUT2D eigenvalue weighted by Crippen LogP contribution is -2.44. The summed E-state index contributed by atoms with van der Waals surface area (Å²) in [5.74, 6) is -0.484. The van der Waals surface area contributed by atoms with Gasteiger partial charge in [-0.25, -0.2) is 9.36 Å². The molecule has 1 amide bonds. The van der Waals surface area contributed by atoms with Gasteiger partial charge in [-0.3, -0.25) is 19.0 Å². The average molecular weight is 409 g/mol. The number of para-hydroxylation sites is 1. The van der Waals surface area contributed by atoms with Crippen LogP contribution < -0.4 is 16.6 Å². The first-order valence-corrected chi connectivity index (χ1v) is 9.51. The van der Waals surface area contributed by atoms with Gasteiger partial charge in [0.1, 0.15) is 6.04 Å². The van der Waals surface area contributed by atoms with Crippen molar-refractivity contribution in [3.63, 3.8) is 0 Å². The number of carbonyl (C=O) groups is 2. The first kappa shape index (κ1) is 21.2. The molecule has 1 atom stereocenters. The quantitative estimate of drug-likeness (QED) is 0.473. The number of amides is 1. The van der Waals surface area contributed by atoms with E-state index in [-0.39, 0.29) is 11.7 Å². The van der Waals surface area contributed by atoms with Crippen LogP contribution in [0.15, 0.2) is 58.1 Å². The number of rotatable bonds is 7. The Morgan fingerprint density at radius 1 is 1.07 bits per heavy atom. The molecule has 1 heterocycles. The molecule has 8 heteroatoms. The zero-order chi connectivity index (χ0) is 21.8. The Morgan fingerprint density at radius 2 is 1.73 bits per heavy atom. The molecule has 0 aliphatic rings. The van der Waals surface area contributed by atoms with Gasteiger partial charge in [-0.1, -0.05) is 12.1 Å². The van der Waals surface area contributed by atoms with Crippen LogP contribution in [0.25, 0.3) is 16.6 Å². The summed E-state index contributed by atoms with van der Waals surface area (Å²) in [5.41, 5.74) is 0.0388. The van der Waals surface area contributed by atoms with E-state index in [1.165, 1.54) is 18.6 Å². The zero-order valence-electron chi connectivity index (χ0n) is 17.0. The van der Waals surface area contributed by atoms with Crippen LogP contribution in [0, 0.1) is 0 Å². The van der Waals surface area contributed by atoms with Gasteiger partial charge < -0.3 is 10.1 Å². The molecule has 0 fully saturated rings. The van der Waals surface area contributed by atoms with Crippen LogP contribution in [0.3, 0.4) is 0 Å². The van der Waals surface area contributed by atoms with Crippen molar-refractivity contribution in [2.24, 2.45) is 0 Å². The molecule has 0 aliphatic carbocycles. The van der Waals surface area contributed by atoms with Crippen molar-refractivity contribution in [3.05, 3.63) is 74.9 Å². The van der Waals surface area contributed by atoms with Gasteiger partial charge in [0.25, 0.3) is 5.56 Å². The van der Waals surface area contributed by atoms with E-state index in [1.807, 2.05) is 0 Å².